The topological polar surface area (TPSA) is 55.7 Å². The molecule has 1 N–H and O–H groups in total. The molecule has 4 heterocycles. The van der Waals surface area contributed by atoms with Crippen LogP contribution in [0, 0.1) is 17.0 Å². The van der Waals surface area contributed by atoms with Crippen LogP contribution >= 0.6 is 0 Å². The summed E-state index contributed by atoms with van der Waals surface area (Å²) in [6.07, 6.45) is -0.134. The largest absolute Gasteiger partial charge is 0.417 e. The summed E-state index contributed by atoms with van der Waals surface area (Å²) < 4.78 is 79.2. The van der Waals surface area contributed by atoms with Crippen molar-refractivity contribution in [1.29, 1.82) is 0 Å². The average molecular weight is 551 g/mol. The van der Waals surface area contributed by atoms with Gasteiger partial charge in [0.05, 0.1) is 18.1 Å². The number of nitrogens with one attached hydrogen (secondary N) is 1. The first kappa shape index (κ1) is 26.3. The summed E-state index contributed by atoms with van der Waals surface area (Å²) in [6, 6.07) is 4.10. The van der Waals surface area contributed by atoms with E-state index in [4.69, 9.17) is 4.42 Å². The lowest BCUT2D eigenvalue weighted by Gasteiger charge is -2.61. The lowest BCUT2D eigenvalue weighted by atomic mass is 9.72. The Morgan fingerprint density at radius 2 is 1.82 bits per heavy atom. The second-order valence-electron chi connectivity index (χ2n) is 11.4. The van der Waals surface area contributed by atoms with Gasteiger partial charge in [-0.25, -0.2) is 26.7 Å². The van der Waals surface area contributed by atoms with Crippen LogP contribution in [0.2, 0.25) is 0 Å². The highest BCUT2D eigenvalue weighted by Gasteiger charge is 2.51. The molecule has 2 saturated heterocycles. The molecule has 210 valence electrons. The number of oxazole rings is 1. The Morgan fingerprint density at radius 3 is 2.46 bits per heavy atom. The zero-order valence-electron chi connectivity index (χ0n) is 21.9. The molecule has 0 radical (unpaired) electrons. The van der Waals surface area contributed by atoms with Crippen LogP contribution in [0.1, 0.15) is 43.0 Å². The van der Waals surface area contributed by atoms with Gasteiger partial charge in [-0.3, -0.25) is 14.8 Å². The number of hydrogen-bond donors (Lipinski definition) is 1. The molecule has 39 heavy (non-hydrogen) atoms. The van der Waals surface area contributed by atoms with Crippen molar-refractivity contribution in [2.45, 2.75) is 44.7 Å². The fourth-order valence-electron chi connectivity index (χ4n) is 6.69. The Kier molecular flexibility index (Phi) is 6.29. The van der Waals surface area contributed by atoms with E-state index >= 15 is 8.78 Å². The zero-order valence-corrected chi connectivity index (χ0v) is 21.9. The third-order valence-electron chi connectivity index (χ3n) is 8.63. The molecule has 0 bridgehead atoms. The predicted molar refractivity (Wildman–Crippen MR) is 137 cm³/mol. The fraction of sp³-hybridized carbons (Fsp3) is 0.536. The number of benzene rings is 2. The maximum atomic E-state index is 15.9. The van der Waals surface area contributed by atoms with Gasteiger partial charge in [-0.15, -0.1) is 0 Å². The number of hydrogen-bond acceptors (Lipinski definition) is 5. The van der Waals surface area contributed by atoms with Crippen molar-refractivity contribution in [3.05, 3.63) is 63.1 Å². The van der Waals surface area contributed by atoms with E-state index in [-0.39, 0.29) is 23.0 Å². The molecule has 11 heteroatoms. The van der Waals surface area contributed by atoms with Crippen molar-refractivity contribution in [1.82, 2.24) is 14.8 Å². The van der Waals surface area contributed by atoms with Gasteiger partial charge in [0, 0.05) is 67.4 Å². The minimum absolute atomic E-state index is 0.0208. The smallest absolute Gasteiger partial charge is 0.408 e. The molecule has 6 nitrogen and oxygen atoms in total. The number of fused-ring (bicyclic) bond motifs is 3. The number of rotatable bonds is 7. The average Bonchev–Trinajstić information content (AvgIpc) is 3.21. The first-order valence-electron chi connectivity index (χ1n) is 13.3. The zero-order chi connectivity index (χ0) is 27.7. The Bertz CT molecular complexity index is 1430. The summed E-state index contributed by atoms with van der Waals surface area (Å²) in [5.74, 6) is -5.35. The number of aromatic nitrogens is 1. The van der Waals surface area contributed by atoms with Gasteiger partial charge in [-0.05, 0) is 37.1 Å². The van der Waals surface area contributed by atoms with E-state index in [2.05, 4.69) is 4.98 Å². The summed E-state index contributed by atoms with van der Waals surface area (Å²) in [4.78, 5) is 19.8. The first-order chi connectivity index (χ1) is 18.5. The number of halogens is 5. The molecule has 3 aliphatic heterocycles. The van der Waals surface area contributed by atoms with Crippen molar-refractivity contribution < 1.29 is 26.4 Å². The summed E-state index contributed by atoms with van der Waals surface area (Å²) in [7, 11) is 0. The number of H-pyrrole nitrogens is 1. The van der Waals surface area contributed by atoms with Crippen molar-refractivity contribution >= 4 is 16.8 Å². The van der Waals surface area contributed by atoms with Crippen LogP contribution in [0.3, 0.4) is 0 Å². The molecule has 3 aliphatic rings. The van der Waals surface area contributed by atoms with Crippen molar-refractivity contribution in [3.63, 3.8) is 0 Å². The van der Waals surface area contributed by atoms with E-state index < -0.39 is 55.0 Å². The summed E-state index contributed by atoms with van der Waals surface area (Å²) in [6.45, 7) is 5.21. The second-order valence-corrected chi connectivity index (χ2v) is 11.4. The molecule has 2 fully saturated rings. The van der Waals surface area contributed by atoms with Gasteiger partial charge in [0.2, 0.25) is 0 Å². The minimum Gasteiger partial charge on any atom is -0.408 e. The Labute approximate surface area is 222 Å². The van der Waals surface area contributed by atoms with Gasteiger partial charge < -0.3 is 9.32 Å². The minimum atomic E-state index is -3.06. The quantitative estimate of drug-likeness (QED) is 0.426. The highest BCUT2D eigenvalue weighted by molar-refractivity contribution is 5.78. The Morgan fingerprint density at radius 1 is 1.13 bits per heavy atom. The van der Waals surface area contributed by atoms with Gasteiger partial charge in [0.15, 0.2) is 5.58 Å². The SMILES string of the molecule is CCC(F)(F)CN1[C@H](c2c(F)cc(N3CC4(CN(CCF)C4)C3)cc2F)c2ccc3[nH]c(=O)oc3c2C[C@H]1C. The molecule has 0 unspecified atom stereocenters. The van der Waals surface area contributed by atoms with E-state index in [1.807, 2.05) is 9.80 Å². The van der Waals surface area contributed by atoms with Crippen LogP contribution in [0.5, 0.6) is 0 Å². The Hall–Kier alpha value is -2.92. The van der Waals surface area contributed by atoms with Gasteiger partial charge >= 0.3 is 5.76 Å². The number of likely N-dealkylation sites (tertiary alicyclic amines) is 1. The molecule has 1 aromatic heterocycles. The number of aromatic amines is 1. The van der Waals surface area contributed by atoms with Crippen LogP contribution in [0.25, 0.3) is 11.1 Å². The molecule has 2 atom stereocenters. The van der Waals surface area contributed by atoms with Gasteiger partial charge in [-0.2, -0.15) is 0 Å². The van der Waals surface area contributed by atoms with E-state index in [9.17, 15) is 18.0 Å². The van der Waals surface area contributed by atoms with Crippen molar-refractivity contribution in [2.24, 2.45) is 5.41 Å². The molecule has 0 amide bonds. The van der Waals surface area contributed by atoms with Gasteiger partial charge in [0.25, 0.3) is 5.92 Å². The van der Waals surface area contributed by atoms with Crippen molar-refractivity contribution in [3.8, 4) is 0 Å². The molecule has 3 aromatic rings. The van der Waals surface area contributed by atoms with Gasteiger partial charge in [-0.1, -0.05) is 13.0 Å². The maximum Gasteiger partial charge on any atom is 0.417 e. The van der Waals surface area contributed by atoms with Crippen LogP contribution in [-0.4, -0.2) is 72.7 Å². The first-order valence-corrected chi connectivity index (χ1v) is 13.3. The predicted octanol–water partition coefficient (Wildman–Crippen LogP) is 4.87. The monoisotopic (exact) mass is 550 g/mol. The van der Waals surface area contributed by atoms with E-state index in [0.717, 1.165) is 13.1 Å². The number of nitrogens with zero attached hydrogens (tertiary/aromatic N) is 3. The lowest BCUT2D eigenvalue weighted by Crippen LogP contribution is -2.72. The normalized spacial score (nSPS) is 23.2. The molecule has 6 rings (SSSR count). The fourth-order valence-corrected chi connectivity index (χ4v) is 6.69. The molecule has 0 saturated carbocycles. The highest BCUT2D eigenvalue weighted by Crippen LogP contribution is 2.46. The molecule has 0 aliphatic carbocycles. The second kappa shape index (κ2) is 9.33. The maximum absolute atomic E-state index is 15.9. The van der Waals surface area contributed by atoms with E-state index in [1.54, 1.807) is 19.1 Å². The van der Waals surface area contributed by atoms with Crippen LogP contribution < -0.4 is 10.7 Å². The molecule has 1 spiro atoms. The lowest BCUT2D eigenvalue weighted by molar-refractivity contribution is -0.0547. The molecular formula is C28H31F5N4O2. The number of alkyl halides is 3. The van der Waals surface area contributed by atoms with Crippen LogP contribution in [0.15, 0.2) is 33.5 Å². The third-order valence-corrected chi connectivity index (χ3v) is 8.63. The summed E-state index contributed by atoms with van der Waals surface area (Å²) >= 11 is 0. The van der Waals surface area contributed by atoms with Crippen LogP contribution in [-0.2, 0) is 6.42 Å². The van der Waals surface area contributed by atoms with Crippen LogP contribution in [0.4, 0.5) is 27.6 Å². The summed E-state index contributed by atoms with van der Waals surface area (Å²) in [5, 5.41) is 0. The Balaban J connectivity index is 1.38. The van der Waals surface area contributed by atoms with E-state index in [0.29, 0.717) is 42.0 Å². The third kappa shape index (κ3) is 4.43. The molecule has 2 aromatic carbocycles. The number of anilines is 1. The van der Waals surface area contributed by atoms with Crippen molar-refractivity contribution in [2.75, 3.05) is 50.8 Å². The van der Waals surface area contributed by atoms with E-state index in [1.165, 1.54) is 24.0 Å². The standard InChI is InChI=1S/C28H31F5N4O2/c1-3-28(32,33)15-37-16(2)8-19-18(4-5-22-25(19)39-26(38)34-22)24(37)23-20(30)9-17(10-21(23)31)36-13-27(14-36)11-35(12-27)7-6-29/h4-5,9-10,16,24H,3,6-8,11-15H2,1-2H3,(H,34,38)/t16-,24+/m1/s1. The highest BCUT2D eigenvalue weighted by atomic mass is 19.3. The summed E-state index contributed by atoms with van der Waals surface area (Å²) in [5.41, 5.74) is 1.85. The molecular weight excluding hydrogens is 519 g/mol. The van der Waals surface area contributed by atoms with Gasteiger partial charge in [0.1, 0.15) is 18.3 Å².